The van der Waals surface area contributed by atoms with Crippen LogP contribution >= 0.6 is 22.2 Å². The van der Waals surface area contributed by atoms with Gasteiger partial charge >= 0.3 is 6.86 Å². The van der Waals surface area contributed by atoms with Crippen LogP contribution in [-0.2, 0) is 0 Å². The summed E-state index contributed by atoms with van der Waals surface area (Å²) < 4.78 is 2.24. The third-order valence-electron chi connectivity index (χ3n) is 2.98. The first-order valence-corrected chi connectivity index (χ1v) is 9.49. The van der Waals surface area contributed by atoms with Crippen molar-refractivity contribution in [2.75, 3.05) is 26.2 Å². The largest absolute Gasteiger partial charge is 0.357 e. The standard InChI is InChI=1S/C11H16Cl2N2Si/c1-10-4-2-3-5-11(10)16(12,13)15-8-6-14-7-9-15/h2-5,14H,6-9H2,1H3. The van der Waals surface area contributed by atoms with Crippen LogP contribution in [0.1, 0.15) is 5.56 Å². The molecule has 0 saturated carbocycles. The molecule has 1 heterocycles. The molecule has 0 radical (unpaired) electrons. The number of halogens is 2. The molecule has 0 aliphatic carbocycles. The maximum absolute atomic E-state index is 6.65. The lowest BCUT2D eigenvalue weighted by Crippen LogP contribution is -2.60. The number of piperazine rings is 1. The highest BCUT2D eigenvalue weighted by molar-refractivity contribution is 7.49. The number of nitrogens with zero attached hydrogens (tertiary/aromatic N) is 1. The molecule has 5 heteroatoms. The van der Waals surface area contributed by atoms with E-state index in [0.717, 1.165) is 31.4 Å². The predicted octanol–water partition coefficient (Wildman–Crippen LogP) is 1.52. The zero-order valence-electron chi connectivity index (χ0n) is 9.34. The van der Waals surface area contributed by atoms with Gasteiger partial charge in [-0.25, -0.2) is 0 Å². The normalized spacial score (nSPS) is 18.7. The number of hydrogen-bond donors (Lipinski definition) is 1. The average molecular weight is 275 g/mol. The monoisotopic (exact) mass is 274 g/mol. The Morgan fingerprint density at radius 2 is 1.81 bits per heavy atom. The lowest BCUT2D eigenvalue weighted by atomic mass is 10.2. The first kappa shape index (κ1) is 12.4. The minimum atomic E-state index is -2.49. The van der Waals surface area contributed by atoms with Crippen molar-refractivity contribution in [3.63, 3.8) is 0 Å². The molecule has 88 valence electrons. The third kappa shape index (κ3) is 2.44. The van der Waals surface area contributed by atoms with Crippen LogP contribution in [0, 0.1) is 6.92 Å². The smallest absolute Gasteiger partial charge is 0.314 e. The number of rotatable bonds is 2. The van der Waals surface area contributed by atoms with Gasteiger partial charge < -0.3 is 5.32 Å². The van der Waals surface area contributed by atoms with Gasteiger partial charge in [-0.3, -0.25) is 4.57 Å². The van der Waals surface area contributed by atoms with E-state index in [2.05, 4.69) is 28.9 Å². The van der Waals surface area contributed by atoms with Gasteiger partial charge in [0.15, 0.2) is 0 Å². The lowest BCUT2D eigenvalue weighted by molar-refractivity contribution is 0.373. The molecule has 1 aliphatic rings. The molecular weight excluding hydrogens is 259 g/mol. The summed E-state index contributed by atoms with van der Waals surface area (Å²) in [4.78, 5) is 0. The zero-order chi connectivity index (χ0) is 11.6. The second kappa shape index (κ2) is 5.06. The minimum absolute atomic E-state index is 0.938. The molecule has 0 aromatic heterocycles. The molecule has 1 aliphatic heterocycles. The van der Waals surface area contributed by atoms with Crippen molar-refractivity contribution in [2.45, 2.75) is 6.92 Å². The zero-order valence-corrected chi connectivity index (χ0v) is 11.9. The molecule has 1 fully saturated rings. The summed E-state index contributed by atoms with van der Waals surface area (Å²) >= 11 is 13.3. The molecule has 0 atom stereocenters. The van der Waals surface area contributed by atoms with Gasteiger partial charge in [0.05, 0.1) is 0 Å². The van der Waals surface area contributed by atoms with Crippen molar-refractivity contribution < 1.29 is 0 Å². The number of nitrogens with one attached hydrogen (secondary N) is 1. The van der Waals surface area contributed by atoms with E-state index in [1.54, 1.807) is 0 Å². The van der Waals surface area contributed by atoms with Gasteiger partial charge in [-0.05, 0) is 17.7 Å². The van der Waals surface area contributed by atoms with Crippen LogP contribution in [0.5, 0.6) is 0 Å². The Kier molecular flexibility index (Phi) is 3.92. The van der Waals surface area contributed by atoms with E-state index < -0.39 is 6.86 Å². The molecule has 0 unspecified atom stereocenters. The molecule has 1 saturated heterocycles. The average Bonchev–Trinajstić information content (AvgIpc) is 2.30. The SMILES string of the molecule is Cc1ccccc1[Si](Cl)(Cl)N1CCNCC1. The van der Waals surface area contributed by atoms with Crippen LogP contribution in [-0.4, -0.2) is 37.6 Å². The highest BCUT2D eigenvalue weighted by Gasteiger charge is 2.40. The summed E-state index contributed by atoms with van der Waals surface area (Å²) in [6.07, 6.45) is 0. The number of benzene rings is 1. The Morgan fingerprint density at radius 1 is 1.19 bits per heavy atom. The summed E-state index contributed by atoms with van der Waals surface area (Å²) in [7, 11) is 0. The van der Waals surface area contributed by atoms with E-state index in [9.17, 15) is 0 Å². The number of hydrogen-bond acceptors (Lipinski definition) is 2. The fraction of sp³-hybridized carbons (Fsp3) is 0.455. The predicted molar refractivity (Wildman–Crippen MR) is 72.7 cm³/mol. The molecule has 0 bridgehead atoms. The third-order valence-corrected chi connectivity index (χ3v) is 8.09. The fourth-order valence-corrected chi connectivity index (χ4v) is 6.29. The molecule has 2 nitrogen and oxygen atoms in total. The molecule has 1 N–H and O–H groups in total. The maximum Gasteiger partial charge on any atom is 0.357 e. The van der Waals surface area contributed by atoms with E-state index in [1.807, 2.05) is 12.1 Å². The molecule has 1 aromatic carbocycles. The van der Waals surface area contributed by atoms with Crippen LogP contribution in [0.15, 0.2) is 24.3 Å². The quantitative estimate of drug-likeness (QED) is 0.650. The van der Waals surface area contributed by atoms with Crippen LogP contribution in [0.25, 0.3) is 0 Å². The van der Waals surface area contributed by atoms with Crippen molar-refractivity contribution in [3.8, 4) is 0 Å². The summed E-state index contributed by atoms with van der Waals surface area (Å²) in [6.45, 7) is 3.41. The van der Waals surface area contributed by atoms with Gasteiger partial charge in [0, 0.05) is 26.2 Å². The molecule has 16 heavy (non-hydrogen) atoms. The van der Waals surface area contributed by atoms with E-state index in [0.29, 0.717) is 0 Å². The molecular formula is C11H16Cl2N2Si. The van der Waals surface area contributed by atoms with Crippen molar-refractivity contribution >= 4 is 34.2 Å². The topological polar surface area (TPSA) is 15.3 Å². The highest BCUT2D eigenvalue weighted by atomic mass is 35.7. The Balaban J connectivity index is 2.26. The molecule has 2 rings (SSSR count). The highest BCUT2D eigenvalue weighted by Crippen LogP contribution is 2.22. The molecule has 1 aromatic rings. The Bertz CT molecular complexity index is 365. The van der Waals surface area contributed by atoms with E-state index in [-0.39, 0.29) is 0 Å². The maximum atomic E-state index is 6.65. The van der Waals surface area contributed by atoms with Crippen molar-refractivity contribution in [1.29, 1.82) is 0 Å². The van der Waals surface area contributed by atoms with Crippen molar-refractivity contribution in [3.05, 3.63) is 29.8 Å². The lowest BCUT2D eigenvalue weighted by Gasteiger charge is -2.36. The van der Waals surface area contributed by atoms with E-state index >= 15 is 0 Å². The minimum Gasteiger partial charge on any atom is -0.314 e. The van der Waals surface area contributed by atoms with Crippen molar-refractivity contribution in [1.82, 2.24) is 9.88 Å². The Labute approximate surface area is 107 Å². The van der Waals surface area contributed by atoms with E-state index in [4.69, 9.17) is 22.2 Å². The summed E-state index contributed by atoms with van der Waals surface area (Å²) in [5, 5.41) is 4.44. The van der Waals surface area contributed by atoms with E-state index in [1.165, 1.54) is 5.56 Å². The van der Waals surface area contributed by atoms with Gasteiger partial charge in [-0.15, -0.1) is 22.2 Å². The van der Waals surface area contributed by atoms with Crippen LogP contribution in [0.4, 0.5) is 0 Å². The molecule has 0 spiro atoms. The summed E-state index contributed by atoms with van der Waals surface area (Å²) in [6, 6.07) is 8.17. The van der Waals surface area contributed by atoms with Gasteiger partial charge in [0.1, 0.15) is 0 Å². The first-order valence-electron chi connectivity index (χ1n) is 5.52. The Morgan fingerprint density at radius 3 is 2.44 bits per heavy atom. The second-order valence-corrected chi connectivity index (χ2v) is 10.2. The molecule has 0 amide bonds. The fourth-order valence-electron chi connectivity index (χ4n) is 2.03. The van der Waals surface area contributed by atoms with Crippen LogP contribution < -0.4 is 10.5 Å². The van der Waals surface area contributed by atoms with Crippen LogP contribution in [0.3, 0.4) is 0 Å². The van der Waals surface area contributed by atoms with Gasteiger partial charge in [-0.1, -0.05) is 24.3 Å². The summed E-state index contributed by atoms with van der Waals surface area (Å²) in [5.41, 5.74) is 1.19. The van der Waals surface area contributed by atoms with Gasteiger partial charge in [0.2, 0.25) is 0 Å². The van der Waals surface area contributed by atoms with Crippen LogP contribution in [0.2, 0.25) is 0 Å². The van der Waals surface area contributed by atoms with Gasteiger partial charge in [-0.2, -0.15) is 0 Å². The number of aryl methyl sites for hydroxylation is 1. The second-order valence-electron chi connectivity index (χ2n) is 4.09. The Hall–Kier alpha value is -0.0631. The van der Waals surface area contributed by atoms with Crippen molar-refractivity contribution in [2.24, 2.45) is 0 Å². The summed E-state index contributed by atoms with van der Waals surface area (Å²) in [5.74, 6) is 0. The van der Waals surface area contributed by atoms with Gasteiger partial charge in [0.25, 0.3) is 0 Å². The first-order chi connectivity index (χ1) is 7.62.